The van der Waals surface area contributed by atoms with Gasteiger partial charge in [-0.25, -0.2) is 9.78 Å². The van der Waals surface area contributed by atoms with Gasteiger partial charge in [0.2, 0.25) is 5.91 Å². The number of carbonyl (C=O) groups excluding carboxylic acids is 2. The number of imidazole rings is 1. The molecule has 0 spiro atoms. The van der Waals surface area contributed by atoms with Crippen molar-refractivity contribution in [2.75, 3.05) is 6.54 Å². The number of urea groups is 1. The van der Waals surface area contributed by atoms with Gasteiger partial charge in [0.05, 0.1) is 0 Å². The number of carboxylic acids is 1. The molecule has 3 N–H and O–H groups in total. The van der Waals surface area contributed by atoms with Crippen molar-refractivity contribution in [1.82, 2.24) is 20.2 Å². The molecule has 1 heterocycles. The predicted molar refractivity (Wildman–Crippen MR) is 74.6 cm³/mol. The zero-order valence-corrected chi connectivity index (χ0v) is 12.0. The summed E-state index contributed by atoms with van der Waals surface area (Å²) in [5.41, 5.74) is 0. The van der Waals surface area contributed by atoms with Gasteiger partial charge in [-0.2, -0.15) is 0 Å². The molecule has 116 valence electrons. The number of carboxylic acid groups (broad SMARTS) is 1. The minimum Gasteiger partial charge on any atom is -0.481 e. The van der Waals surface area contributed by atoms with Crippen LogP contribution in [0.3, 0.4) is 0 Å². The molecule has 0 saturated heterocycles. The van der Waals surface area contributed by atoms with Crippen molar-refractivity contribution >= 4 is 17.9 Å². The number of rotatable bonds is 8. The fraction of sp³-hybridized carbons (Fsp3) is 0.538. The van der Waals surface area contributed by atoms with Crippen molar-refractivity contribution in [3.05, 3.63) is 18.2 Å². The first-order chi connectivity index (χ1) is 9.99. The number of aliphatic carboxylic acids is 1. The molecular weight excluding hydrogens is 276 g/mol. The molecule has 1 aromatic rings. The second kappa shape index (κ2) is 8.72. The Kier molecular flexibility index (Phi) is 6.93. The lowest BCUT2D eigenvalue weighted by Crippen LogP contribution is -2.40. The molecule has 0 unspecified atom stereocenters. The number of nitrogens with zero attached hydrogens (tertiary/aromatic N) is 2. The highest BCUT2D eigenvalue weighted by molar-refractivity contribution is 5.94. The van der Waals surface area contributed by atoms with Crippen molar-refractivity contribution in [3.63, 3.8) is 0 Å². The predicted octanol–water partition coefficient (Wildman–Crippen LogP) is 0.433. The molecule has 0 aliphatic rings. The Hall–Kier alpha value is -2.38. The van der Waals surface area contributed by atoms with Gasteiger partial charge < -0.3 is 15.0 Å². The summed E-state index contributed by atoms with van der Waals surface area (Å²) in [6, 6.07) is -0.549. The second-order valence-corrected chi connectivity index (χ2v) is 4.61. The van der Waals surface area contributed by atoms with Crippen LogP contribution in [0.15, 0.2) is 12.4 Å². The molecule has 0 atom stereocenters. The molecule has 1 rings (SSSR count). The van der Waals surface area contributed by atoms with E-state index in [9.17, 15) is 14.4 Å². The molecule has 0 bridgehead atoms. The Morgan fingerprint density at radius 1 is 1.29 bits per heavy atom. The third-order valence-corrected chi connectivity index (χ3v) is 2.85. The summed E-state index contributed by atoms with van der Waals surface area (Å²) in [7, 11) is 1.86. The Bertz CT molecular complexity index is 498. The molecule has 3 amide bonds. The highest BCUT2D eigenvalue weighted by Crippen LogP contribution is 1.99. The third kappa shape index (κ3) is 7.09. The van der Waals surface area contributed by atoms with Crippen LogP contribution < -0.4 is 10.6 Å². The van der Waals surface area contributed by atoms with E-state index in [0.29, 0.717) is 25.8 Å². The maximum absolute atomic E-state index is 11.4. The van der Waals surface area contributed by atoms with Gasteiger partial charge in [0.1, 0.15) is 5.82 Å². The molecule has 0 aromatic carbocycles. The number of unbranched alkanes of at least 4 members (excludes halogenated alkanes) is 1. The van der Waals surface area contributed by atoms with Crippen molar-refractivity contribution < 1.29 is 19.5 Å². The van der Waals surface area contributed by atoms with E-state index < -0.39 is 17.9 Å². The highest BCUT2D eigenvalue weighted by atomic mass is 16.4. The van der Waals surface area contributed by atoms with Gasteiger partial charge in [-0.3, -0.25) is 14.9 Å². The number of amides is 3. The summed E-state index contributed by atoms with van der Waals surface area (Å²) in [5, 5.41) is 13.2. The summed E-state index contributed by atoms with van der Waals surface area (Å²) in [6.07, 6.45) is 5.10. The van der Waals surface area contributed by atoms with Gasteiger partial charge in [0.15, 0.2) is 0 Å². The smallest absolute Gasteiger partial charge is 0.321 e. The molecule has 8 nitrogen and oxygen atoms in total. The van der Waals surface area contributed by atoms with Crippen molar-refractivity contribution in [2.45, 2.75) is 32.1 Å². The average Bonchev–Trinajstić information content (AvgIpc) is 2.80. The van der Waals surface area contributed by atoms with Crippen LogP contribution in [-0.4, -0.2) is 39.1 Å². The average molecular weight is 296 g/mol. The van der Waals surface area contributed by atoms with Gasteiger partial charge in [-0.15, -0.1) is 0 Å². The fourth-order valence-corrected chi connectivity index (χ4v) is 1.72. The van der Waals surface area contributed by atoms with Crippen molar-refractivity contribution in [2.24, 2.45) is 7.05 Å². The number of carbonyl (C=O) groups is 3. The molecule has 0 aliphatic carbocycles. The first-order valence-electron chi connectivity index (χ1n) is 6.74. The molecule has 0 aliphatic heterocycles. The van der Waals surface area contributed by atoms with Crippen LogP contribution in [0.25, 0.3) is 0 Å². The van der Waals surface area contributed by atoms with Gasteiger partial charge >= 0.3 is 12.0 Å². The molecule has 21 heavy (non-hydrogen) atoms. The van der Waals surface area contributed by atoms with Crippen LogP contribution in [0.5, 0.6) is 0 Å². The second-order valence-electron chi connectivity index (χ2n) is 4.61. The Morgan fingerprint density at radius 3 is 2.62 bits per heavy atom. The Morgan fingerprint density at radius 2 is 2.00 bits per heavy atom. The summed E-state index contributed by atoms with van der Waals surface area (Å²) in [6.45, 7) is 0.378. The largest absolute Gasteiger partial charge is 0.481 e. The van der Waals surface area contributed by atoms with Crippen LogP contribution in [-0.2, 0) is 23.1 Å². The lowest BCUT2D eigenvalue weighted by atomic mass is 10.2. The molecule has 0 radical (unpaired) electrons. The van der Waals surface area contributed by atoms with Crippen LogP contribution in [0.1, 0.15) is 31.5 Å². The highest BCUT2D eigenvalue weighted by Gasteiger charge is 2.08. The summed E-state index contributed by atoms with van der Waals surface area (Å²) in [5.74, 6) is -0.451. The summed E-state index contributed by atoms with van der Waals surface area (Å²) < 4.78 is 1.85. The third-order valence-electron chi connectivity index (χ3n) is 2.85. The van der Waals surface area contributed by atoms with Gasteiger partial charge in [0, 0.05) is 45.2 Å². The number of nitrogens with one attached hydrogen (secondary N) is 2. The van der Waals surface area contributed by atoms with E-state index in [1.807, 2.05) is 17.8 Å². The molecule has 8 heteroatoms. The summed E-state index contributed by atoms with van der Waals surface area (Å²) >= 11 is 0. The minimum atomic E-state index is -0.887. The van der Waals surface area contributed by atoms with Crippen LogP contribution in [0.4, 0.5) is 4.79 Å². The van der Waals surface area contributed by atoms with E-state index in [1.165, 1.54) is 0 Å². The molecule has 0 fully saturated rings. The minimum absolute atomic E-state index is 0.0309. The van der Waals surface area contributed by atoms with E-state index in [-0.39, 0.29) is 12.8 Å². The number of imide groups is 1. The van der Waals surface area contributed by atoms with E-state index in [0.717, 1.165) is 5.82 Å². The monoisotopic (exact) mass is 296 g/mol. The molecular formula is C13H20N4O4. The van der Waals surface area contributed by atoms with Gasteiger partial charge in [-0.1, -0.05) is 0 Å². The van der Waals surface area contributed by atoms with E-state index >= 15 is 0 Å². The molecule has 0 saturated carbocycles. The lowest BCUT2D eigenvalue weighted by molar-refractivity contribution is -0.137. The lowest BCUT2D eigenvalue weighted by Gasteiger charge is -2.06. The van der Waals surface area contributed by atoms with E-state index in [4.69, 9.17) is 5.11 Å². The summed E-state index contributed by atoms with van der Waals surface area (Å²) in [4.78, 5) is 37.3. The SMILES string of the molecule is Cn1ccnc1CCNC(=O)NC(=O)CCCCC(=O)O. The first kappa shape index (κ1) is 16.7. The number of aromatic nitrogens is 2. The Balaban J connectivity index is 2.11. The van der Waals surface area contributed by atoms with E-state index in [1.54, 1.807) is 6.20 Å². The number of aryl methyl sites for hydroxylation is 1. The number of hydrogen-bond donors (Lipinski definition) is 3. The topological polar surface area (TPSA) is 113 Å². The zero-order chi connectivity index (χ0) is 15.7. The van der Waals surface area contributed by atoms with E-state index in [2.05, 4.69) is 15.6 Å². The standard InChI is InChI=1S/C13H20N4O4/c1-17-9-8-14-10(17)6-7-15-13(21)16-11(18)4-2-3-5-12(19)20/h8-9H,2-7H2,1H3,(H,19,20)(H2,15,16,18,21). The molecule has 1 aromatic heterocycles. The fourth-order valence-electron chi connectivity index (χ4n) is 1.72. The van der Waals surface area contributed by atoms with Crippen molar-refractivity contribution in [3.8, 4) is 0 Å². The maximum Gasteiger partial charge on any atom is 0.321 e. The number of hydrogen-bond acceptors (Lipinski definition) is 4. The quantitative estimate of drug-likeness (QED) is 0.602. The zero-order valence-electron chi connectivity index (χ0n) is 12.0. The van der Waals surface area contributed by atoms with Crippen molar-refractivity contribution in [1.29, 1.82) is 0 Å². The van der Waals surface area contributed by atoms with Crippen LogP contribution in [0, 0.1) is 0 Å². The van der Waals surface area contributed by atoms with Gasteiger partial charge in [0.25, 0.3) is 0 Å². The maximum atomic E-state index is 11.4. The normalized spacial score (nSPS) is 10.1. The first-order valence-corrected chi connectivity index (χ1v) is 6.74. The van der Waals surface area contributed by atoms with Gasteiger partial charge in [-0.05, 0) is 12.8 Å². The Labute approximate surface area is 122 Å². The van der Waals surface area contributed by atoms with Crippen LogP contribution >= 0.6 is 0 Å². The van der Waals surface area contributed by atoms with Crippen LogP contribution in [0.2, 0.25) is 0 Å².